The second-order valence-corrected chi connectivity index (χ2v) is 7.63. The van der Waals surface area contributed by atoms with E-state index in [1.54, 1.807) is 14.2 Å². The summed E-state index contributed by atoms with van der Waals surface area (Å²) in [6.45, 7) is 0. The van der Waals surface area contributed by atoms with Gasteiger partial charge in [0.15, 0.2) is 0 Å². The van der Waals surface area contributed by atoms with Crippen molar-refractivity contribution >= 4 is 46.3 Å². The molecule has 0 saturated carbocycles. The smallest absolute Gasteiger partial charge is 0.238 e. The van der Waals surface area contributed by atoms with E-state index in [9.17, 15) is 37.2 Å². The van der Waals surface area contributed by atoms with Crippen molar-refractivity contribution in [2.75, 3.05) is 47.9 Å². The molecule has 0 N–H and O–H groups in total. The van der Waals surface area contributed by atoms with Crippen LogP contribution in [-0.2, 0) is 109 Å². The van der Waals surface area contributed by atoms with Crippen molar-refractivity contribution in [3.8, 4) is 0 Å². The minimum Gasteiger partial charge on any atom is -0.639 e. The monoisotopic (exact) mass is 601 g/mol. The van der Waals surface area contributed by atoms with Gasteiger partial charge in [-0.2, -0.15) is 12.8 Å². The van der Waals surface area contributed by atoms with Crippen molar-refractivity contribution in [3.63, 3.8) is 0 Å². The van der Waals surface area contributed by atoms with E-state index in [1.165, 1.54) is 34.0 Å². The van der Waals surface area contributed by atoms with Crippen molar-refractivity contribution in [2.45, 2.75) is 12.8 Å². The summed E-state index contributed by atoms with van der Waals surface area (Å²) in [4.78, 5) is 62.0. The summed E-state index contributed by atoms with van der Waals surface area (Å²) in [6, 6.07) is 0. The molecule has 0 unspecified atom stereocenters. The molecular formula is C15H25N3O9SY2-2. The first-order valence-electron chi connectivity index (χ1n) is 7.29. The minimum atomic E-state index is -2.67. The van der Waals surface area contributed by atoms with E-state index in [0.717, 1.165) is 22.3 Å². The standard InChI is InChI=1S/2C4H5NO2.C3H3NO2.C2H6O2S.C2H6O.2Y/c2*1-5-3(6)2-4(5)7;1-4(2-5)3-6;1-5(2,3)4;1-3-2;;/h2*2H2,1H3;1H3;1-2H3;1-2H3;;/q;;-2;;;;. The fourth-order valence-electron chi connectivity index (χ4n) is 0.847. The molecule has 15 heteroatoms. The molecule has 168 valence electrons. The van der Waals surface area contributed by atoms with E-state index >= 15 is 0 Å². The van der Waals surface area contributed by atoms with Crippen LogP contribution < -0.4 is 0 Å². The summed E-state index contributed by atoms with van der Waals surface area (Å²) in [5.74, 6) is -0.315. The average Bonchev–Trinajstić information content (AvgIpc) is 2.61. The molecule has 2 fully saturated rings. The molecule has 2 rings (SSSR count). The molecule has 6 amide bonds. The van der Waals surface area contributed by atoms with Crippen LogP contribution >= 0.6 is 0 Å². The molecule has 0 aromatic rings. The molecular weight excluding hydrogens is 576 g/mol. The van der Waals surface area contributed by atoms with Gasteiger partial charge in [-0.25, -0.2) is 8.42 Å². The number of likely N-dealkylation sites (tertiary alicyclic amines) is 2. The molecule has 2 saturated heterocycles. The summed E-state index contributed by atoms with van der Waals surface area (Å²) in [5.41, 5.74) is 0. The molecule has 0 bridgehead atoms. The van der Waals surface area contributed by atoms with E-state index in [4.69, 9.17) is 0 Å². The van der Waals surface area contributed by atoms with Crippen LogP contribution in [0.1, 0.15) is 12.8 Å². The van der Waals surface area contributed by atoms with Gasteiger partial charge in [-0.05, 0) is 7.05 Å². The Morgan fingerprint density at radius 1 is 0.800 bits per heavy atom. The Labute approximate surface area is 227 Å². The zero-order valence-electron chi connectivity index (χ0n) is 18.0. The van der Waals surface area contributed by atoms with Gasteiger partial charge in [0.05, 0.1) is 0 Å². The zero-order valence-corrected chi connectivity index (χ0v) is 24.5. The summed E-state index contributed by atoms with van der Waals surface area (Å²) < 4.78 is 23.5. The Balaban J connectivity index is -0.0000000876. The molecule has 12 nitrogen and oxygen atoms in total. The van der Waals surface area contributed by atoms with Crippen molar-refractivity contribution in [3.05, 3.63) is 0 Å². The maximum absolute atomic E-state index is 10.1. The molecule has 2 aliphatic heterocycles. The number of rotatable bonds is 2. The van der Waals surface area contributed by atoms with Crippen molar-refractivity contribution < 1.29 is 107 Å². The van der Waals surface area contributed by atoms with Crippen LogP contribution in [0.5, 0.6) is 0 Å². The predicted octanol–water partition coefficient (Wildman–Crippen LogP) is -2.28. The first-order chi connectivity index (χ1) is 12.7. The maximum Gasteiger partial charge on any atom is 0.238 e. The third-order valence-electron chi connectivity index (χ3n) is 2.38. The second-order valence-electron chi connectivity index (χ2n) is 5.34. The maximum atomic E-state index is 10.1. The normalized spacial score (nSPS) is 13.2. The van der Waals surface area contributed by atoms with E-state index in [0.29, 0.717) is 4.90 Å². The molecule has 0 atom stereocenters. The van der Waals surface area contributed by atoms with Gasteiger partial charge >= 0.3 is 0 Å². The number of nitrogens with zero attached hydrogens (tertiary/aromatic N) is 3. The van der Waals surface area contributed by atoms with E-state index in [-0.39, 0.29) is 102 Å². The van der Waals surface area contributed by atoms with Gasteiger partial charge in [0.2, 0.25) is 23.6 Å². The van der Waals surface area contributed by atoms with Gasteiger partial charge in [0, 0.05) is 106 Å². The molecule has 0 aromatic heterocycles. The number of methoxy groups -OCH3 is 1. The summed E-state index contributed by atoms with van der Waals surface area (Å²) in [7, 11) is 4.81. The van der Waals surface area contributed by atoms with Crippen LogP contribution in [0, 0.1) is 0 Å². The Bertz CT molecular complexity index is 596. The number of carbonyl (C=O) groups excluding carboxylic acids is 6. The Morgan fingerprint density at radius 2 is 0.967 bits per heavy atom. The Hall–Kier alpha value is -0.462. The summed E-state index contributed by atoms with van der Waals surface area (Å²) in [6.07, 6.45) is 5.08. The van der Waals surface area contributed by atoms with Gasteiger partial charge in [0.25, 0.3) is 0 Å². The zero-order chi connectivity index (χ0) is 23.1. The fraction of sp³-hybridized carbons (Fsp3) is 0.600. The summed E-state index contributed by atoms with van der Waals surface area (Å²) >= 11 is 0. The van der Waals surface area contributed by atoms with Crippen LogP contribution in [-0.4, -0.2) is 107 Å². The largest absolute Gasteiger partial charge is 0.639 e. The van der Waals surface area contributed by atoms with Crippen LogP contribution in [0.15, 0.2) is 0 Å². The molecule has 2 heterocycles. The van der Waals surface area contributed by atoms with Crippen molar-refractivity contribution in [1.82, 2.24) is 14.7 Å². The molecule has 0 spiro atoms. The van der Waals surface area contributed by atoms with E-state index in [1.807, 2.05) is 0 Å². The van der Waals surface area contributed by atoms with E-state index in [2.05, 4.69) is 4.74 Å². The average molecular weight is 601 g/mol. The topological polar surface area (TPSA) is 156 Å². The first-order valence-corrected chi connectivity index (χ1v) is 9.59. The van der Waals surface area contributed by atoms with Crippen LogP contribution in [0.3, 0.4) is 0 Å². The second kappa shape index (κ2) is 21.8. The quantitative estimate of drug-likeness (QED) is 0.147. The van der Waals surface area contributed by atoms with Gasteiger partial charge in [-0.1, -0.05) is 0 Å². The van der Waals surface area contributed by atoms with Crippen LogP contribution in [0.2, 0.25) is 0 Å². The molecule has 0 aromatic carbocycles. The molecule has 0 aliphatic carbocycles. The fourth-order valence-corrected chi connectivity index (χ4v) is 0.847. The molecule has 30 heavy (non-hydrogen) atoms. The number of carbonyl (C=O) groups is 4. The number of β-lactam (4-membered cyclic amide) rings is 4. The van der Waals surface area contributed by atoms with Gasteiger partial charge < -0.3 is 19.2 Å². The summed E-state index contributed by atoms with van der Waals surface area (Å²) in [5, 5.41) is 0. The van der Waals surface area contributed by atoms with E-state index < -0.39 is 9.84 Å². The van der Waals surface area contributed by atoms with Crippen molar-refractivity contribution in [2.24, 2.45) is 0 Å². The number of imide groups is 3. The van der Waals surface area contributed by atoms with Crippen LogP contribution in [0.4, 0.5) is 0 Å². The predicted molar refractivity (Wildman–Crippen MR) is 97.6 cm³/mol. The number of hydrogen-bond donors (Lipinski definition) is 0. The van der Waals surface area contributed by atoms with Gasteiger partial charge in [-0.3, -0.25) is 29.0 Å². The first kappa shape index (κ1) is 40.0. The van der Waals surface area contributed by atoms with Crippen LogP contribution in [0.25, 0.3) is 0 Å². The Kier molecular flexibility index (Phi) is 29.0. The molecule has 2 aliphatic rings. The molecule has 2 radical (unpaired) electrons. The van der Waals surface area contributed by atoms with Gasteiger partial charge in [0.1, 0.15) is 22.7 Å². The third kappa shape index (κ3) is 25.6. The minimum absolute atomic E-state index is 0. The van der Waals surface area contributed by atoms with Crippen molar-refractivity contribution in [1.29, 1.82) is 0 Å². The Morgan fingerprint density at radius 3 is 0.967 bits per heavy atom. The number of ether oxygens (including phenoxy) is 1. The third-order valence-corrected chi connectivity index (χ3v) is 2.38. The number of amides is 6. The SMILES string of the molecule is CN([C-]=O)[C-]=O.CN1C(=O)CC1=O.CN1C(=O)CC1=O.COC.CS(C)(=O)=O.[Y].[Y]. The number of sulfone groups is 1. The van der Waals surface area contributed by atoms with Gasteiger partial charge in [-0.15, -0.1) is 0 Å². The number of hydrogen-bond acceptors (Lipinski definition) is 9.